The molecule has 20 heavy (non-hydrogen) atoms. The number of benzene rings is 1. The van der Waals surface area contributed by atoms with Crippen molar-refractivity contribution in [2.45, 2.75) is 20.4 Å². The molecule has 0 aliphatic heterocycles. The topological polar surface area (TPSA) is 53.4 Å². The number of carboxylic acid groups (broad SMARTS) is 1. The Morgan fingerprint density at radius 3 is 2.40 bits per heavy atom. The van der Waals surface area contributed by atoms with Gasteiger partial charge < -0.3 is 10.0 Å². The van der Waals surface area contributed by atoms with Gasteiger partial charge in [-0.2, -0.15) is 0 Å². The Labute approximate surface area is 118 Å². The van der Waals surface area contributed by atoms with Gasteiger partial charge in [0.15, 0.2) is 0 Å². The van der Waals surface area contributed by atoms with Crippen LogP contribution in [0.1, 0.15) is 16.8 Å². The standard InChI is InChI=1S/C16H18N2O2/c1-12-3-7-15(8-4-12)18(11-16(19)20)10-14-6-5-13(2)17-9-14/h3-9H,10-11H2,1-2H3,(H,19,20). The average Bonchev–Trinajstić information content (AvgIpc) is 2.41. The van der Waals surface area contributed by atoms with E-state index in [1.807, 2.05) is 55.1 Å². The van der Waals surface area contributed by atoms with E-state index in [1.165, 1.54) is 0 Å². The summed E-state index contributed by atoms with van der Waals surface area (Å²) < 4.78 is 0. The SMILES string of the molecule is Cc1ccc(N(CC(=O)O)Cc2ccc(C)nc2)cc1. The Morgan fingerprint density at radius 2 is 1.85 bits per heavy atom. The van der Waals surface area contributed by atoms with E-state index in [1.54, 1.807) is 6.20 Å². The molecule has 0 aliphatic rings. The lowest BCUT2D eigenvalue weighted by atomic mass is 10.2. The summed E-state index contributed by atoms with van der Waals surface area (Å²) in [5.74, 6) is -0.842. The number of carboxylic acids is 1. The molecule has 4 heteroatoms. The van der Waals surface area contributed by atoms with Gasteiger partial charge in [0.05, 0.1) is 0 Å². The van der Waals surface area contributed by atoms with Crippen molar-refractivity contribution in [3.05, 3.63) is 59.4 Å². The van der Waals surface area contributed by atoms with Gasteiger partial charge in [0.1, 0.15) is 6.54 Å². The van der Waals surface area contributed by atoms with E-state index in [9.17, 15) is 4.79 Å². The van der Waals surface area contributed by atoms with E-state index in [2.05, 4.69) is 4.98 Å². The van der Waals surface area contributed by atoms with Gasteiger partial charge in [0.2, 0.25) is 0 Å². The number of hydrogen-bond acceptors (Lipinski definition) is 3. The minimum absolute atomic E-state index is 0.0308. The van der Waals surface area contributed by atoms with E-state index in [-0.39, 0.29) is 6.54 Å². The van der Waals surface area contributed by atoms with Gasteiger partial charge >= 0.3 is 5.97 Å². The number of carbonyl (C=O) groups is 1. The van der Waals surface area contributed by atoms with E-state index in [0.29, 0.717) is 6.54 Å². The molecule has 4 nitrogen and oxygen atoms in total. The highest BCUT2D eigenvalue weighted by Crippen LogP contribution is 2.17. The number of nitrogens with zero attached hydrogens (tertiary/aromatic N) is 2. The molecule has 1 aromatic carbocycles. The van der Waals surface area contributed by atoms with Crippen LogP contribution < -0.4 is 4.90 Å². The summed E-state index contributed by atoms with van der Waals surface area (Å²) in [5, 5.41) is 9.06. The molecule has 2 aromatic rings. The fraction of sp³-hybridized carbons (Fsp3) is 0.250. The van der Waals surface area contributed by atoms with E-state index >= 15 is 0 Å². The third-order valence-corrected chi connectivity index (χ3v) is 3.07. The molecule has 0 fully saturated rings. The van der Waals surface area contributed by atoms with E-state index in [4.69, 9.17) is 5.11 Å². The van der Waals surface area contributed by atoms with Gasteiger partial charge in [0, 0.05) is 24.1 Å². The Kier molecular flexibility index (Phi) is 4.35. The lowest BCUT2D eigenvalue weighted by Gasteiger charge is -2.23. The smallest absolute Gasteiger partial charge is 0.323 e. The maximum atomic E-state index is 11.0. The molecule has 0 saturated carbocycles. The van der Waals surface area contributed by atoms with Crippen LogP contribution in [0.2, 0.25) is 0 Å². The molecule has 1 heterocycles. The molecule has 1 aromatic heterocycles. The van der Waals surface area contributed by atoms with Crippen LogP contribution in [0.15, 0.2) is 42.6 Å². The molecule has 0 amide bonds. The second-order valence-corrected chi connectivity index (χ2v) is 4.89. The van der Waals surface area contributed by atoms with Crippen molar-refractivity contribution in [2.75, 3.05) is 11.4 Å². The molecule has 2 rings (SSSR count). The summed E-state index contributed by atoms with van der Waals surface area (Å²) in [6.45, 7) is 4.44. The predicted octanol–water partition coefficient (Wildman–Crippen LogP) is 2.79. The quantitative estimate of drug-likeness (QED) is 0.907. The third-order valence-electron chi connectivity index (χ3n) is 3.07. The minimum atomic E-state index is -0.842. The van der Waals surface area contributed by atoms with Gasteiger partial charge in [-0.1, -0.05) is 23.8 Å². The summed E-state index contributed by atoms with van der Waals surface area (Å²) in [5.41, 5.74) is 4.01. The highest BCUT2D eigenvalue weighted by atomic mass is 16.4. The van der Waals surface area contributed by atoms with Crippen LogP contribution in [0.25, 0.3) is 0 Å². The van der Waals surface area contributed by atoms with Crippen molar-refractivity contribution < 1.29 is 9.90 Å². The Bertz CT molecular complexity index is 576. The molecule has 0 spiro atoms. The van der Waals surface area contributed by atoms with E-state index in [0.717, 1.165) is 22.5 Å². The van der Waals surface area contributed by atoms with Crippen molar-refractivity contribution in [3.8, 4) is 0 Å². The molecule has 0 bridgehead atoms. The van der Waals surface area contributed by atoms with Crippen molar-refractivity contribution >= 4 is 11.7 Å². The van der Waals surface area contributed by atoms with Crippen LogP contribution in [-0.4, -0.2) is 22.6 Å². The average molecular weight is 270 g/mol. The minimum Gasteiger partial charge on any atom is -0.480 e. The lowest BCUT2D eigenvalue weighted by molar-refractivity contribution is -0.135. The van der Waals surface area contributed by atoms with Crippen LogP contribution in [0.3, 0.4) is 0 Å². The van der Waals surface area contributed by atoms with Gasteiger partial charge in [-0.15, -0.1) is 0 Å². The van der Waals surface area contributed by atoms with Crippen molar-refractivity contribution in [1.82, 2.24) is 4.98 Å². The first-order valence-electron chi connectivity index (χ1n) is 6.49. The van der Waals surface area contributed by atoms with Gasteiger partial charge in [0.25, 0.3) is 0 Å². The number of anilines is 1. The monoisotopic (exact) mass is 270 g/mol. The number of hydrogen-bond donors (Lipinski definition) is 1. The van der Waals surface area contributed by atoms with Crippen LogP contribution in [-0.2, 0) is 11.3 Å². The molecule has 0 radical (unpaired) electrons. The highest BCUT2D eigenvalue weighted by molar-refractivity contribution is 5.73. The molecule has 0 atom stereocenters. The normalized spacial score (nSPS) is 10.3. The lowest BCUT2D eigenvalue weighted by Crippen LogP contribution is -2.29. The van der Waals surface area contributed by atoms with Gasteiger partial charge in [-0.25, -0.2) is 0 Å². The zero-order valence-electron chi connectivity index (χ0n) is 11.7. The molecule has 0 unspecified atom stereocenters. The molecular formula is C16H18N2O2. The first-order valence-corrected chi connectivity index (χ1v) is 6.49. The molecular weight excluding hydrogens is 252 g/mol. The van der Waals surface area contributed by atoms with Crippen LogP contribution in [0, 0.1) is 13.8 Å². The zero-order valence-corrected chi connectivity index (χ0v) is 11.7. The Balaban J connectivity index is 2.21. The van der Waals surface area contributed by atoms with Crippen molar-refractivity contribution in [2.24, 2.45) is 0 Å². The number of aliphatic carboxylic acids is 1. The maximum absolute atomic E-state index is 11.0. The van der Waals surface area contributed by atoms with Gasteiger partial charge in [-0.05, 0) is 37.6 Å². The van der Waals surface area contributed by atoms with Crippen LogP contribution in [0.4, 0.5) is 5.69 Å². The Morgan fingerprint density at radius 1 is 1.15 bits per heavy atom. The summed E-state index contributed by atoms with van der Waals surface area (Å²) in [6.07, 6.45) is 1.79. The van der Waals surface area contributed by atoms with Crippen molar-refractivity contribution in [1.29, 1.82) is 0 Å². The summed E-state index contributed by atoms with van der Waals surface area (Å²) in [6, 6.07) is 11.8. The number of pyridine rings is 1. The molecule has 1 N–H and O–H groups in total. The Hall–Kier alpha value is -2.36. The summed E-state index contributed by atoms with van der Waals surface area (Å²) in [4.78, 5) is 17.1. The predicted molar refractivity (Wildman–Crippen MR) is 78.8 cm³/mol. The van der Waals surface area contributed by atoms with Crippen molar-refractivity contribution in [3.63, 3.8) is 0 Å². The largest absolute Gasteiger partial charge is 0.480 e. The first-order chi connectivity index (χ1) is 9.54. The maximum Gasteiger partial charge on any atom is 0.323 e. The second-order valence-electron chi connectivity index (χ2n) is 4.89. The van der Waals surface area contributed by atoms with E-state index < -0.39 is 5.97 Å². The fourth-order valence-corrected chi connectivity index (χ4v) is 1.97. The highest BCUT2D eigenvalue weighted by Gasteiger charge is 2.11. The first kappa shape index (κ1) is 14.1. The van der Waals surface area contributed by atoms with Gasteiger partial charge in [-0.3, -0.25) is 9.78 Å². The second kappa shape index (κ2) is 6.19. The number of rotatable bonds is 5. The third kappa shape index (κ3) is 3.82. The van der Waals surface area contributed by atoms with Crippen LogP contribution in [0.5, 0.6) is 0 Å². The summed E-state index contributed by atoms with van der Waals surface area (Å²) in [7, 11) is 0. The molecule has 0 aliphatic carbocycles. The summed E-state index contributed by atoms with van der Waals surface area (Å²) >= 11 is 0. The zero-order chi connectivity index (χ0) is 14.5. The fourth-order valence-electron chi connectivity index (χ4n) is 1.97. The number of aromatic nitrogens is 1. The van der Waals surface area contributed by atoms with Crippen LogP contribution >= 0.6 is 0 Å². The molecule has 104 valence electrons. The number of aryl methyl sites for hydroxylation is 2. The molecule has 0 saturated heterocycles.